The smallest absolute Gasteiger partial charge is 0.199 e. The van der Waals surface area contributed by atoms with Crippen LogP contribution in [-0.4, -0.2) is 55.3 Å². The van der Waals surface area contributed by atoms with Gasteiger partial charge in [-0.2, -0.15) is 0 Å². The molecule has 0 spiro atoms. The maximum atomic E-state index is 5.87. The average molecular weight is 388 g/mol. The van der Waals surface area contributed by atoms with Crippen molar-refractivity contribution in [3.05, 3.63) is 30.2 Å². The highest BCUT2D eigenvalue weighted by molar-refractivity contribution is 7.80. The molecule has 0 saturated carbocycles. The van der Waals surface area contributed by atoms with E-state index in [-0.39, 0.29) is 0 Å². The fourth-order valence-electron chi connectivity index (χ4n) is 3.96. The van der Waals surface area contributed by atoms with Gasteiger partial charge >= 0.3 is 0 Å². The second kappa shape index (κ2) is 8.25. The lowest BCUT2D eigenvalue weighted by molar-refractivity contribution is 0.0786. The van der Waals surface area contributed by atoms with Crippen molar-refractivity contribution in [2.75, 3.05) is 44.3 Å². The minimum atomic E-state index is 0.343. The Bertz CT molecular complexity index is 745. The van der Waals surface area contributed by atoms with Gasteiger partial charge in [-0.1, -0.05) is 12.1 Å². The quantitative estimate of drug-likeness (QED) is 0.802. The molecule has 0 amide bonds. The van der Waals surface area contributed by atoms with Gasteiger partial charge in [-0.05, 0) is 38.8 Å². The highest BCUT2D eigenvalue weighted by atomic mass is 32.1. The van der Waals surface area contributed by atoms with Crippen LogP contribution in [0.4, 0.5) is 5.69 Å². The number of anilines is 1. The monoisotopic (exact) mass is 387 g/mol. The summed E-state index contributed by atoms with van der Waals surface area (Å²) >= 11 is 4.53. The average Bonchev–Trinajstić information content (AvgIpc) is 3.10. The predicted octanol–water partition coefficient (Wildman–Crippen LogP) is 4.05. The van der Waals surface area contributed by atoms with Crippen LogP contribution < -0.4 is 4.90 Å². The first-order valence-electron chi connectivity index (χ1n) is 9.98. The summed E-state index contributed by atoms with van der Waals surface area (Å²) in [5.74, 6) is 1.14. The summed E-state index contributed by atoms with van der Waals surface area (Å²) in [5, 5.41) is 0.606. The molecule has 2 fully saturated rings. The van der Waals surface area contributed by atoms with Crippen molar-refractivity contribution in [2.45, 2.75) is 43.7 Å². The van der Waals surface area contributed by atoms with Crippen LogP contribution in [0.1, 0.15) is 38.5 Å². The van der Waals surface area contributed by atoms with Crippen LogP contribution in [0.3, 0.4) is 0 Å². The number of piperazine rings is 1. The molecule has 1 aromatic heterocycles. The minimum Gasteiger partial charge on any atom is -0.434 e. The predicted molar refractivity (Wildman–Crippen MR) is 111 cm³/mol. The van der Waals surface area contributed by atoms with E-state index in [1.165, 1.54) is 5.69 Å². The van der Waals surface area contributed by atoms with Crippen molar-refractivity contribution in [3.8, 4) is 11.3 Å². The fraction of sp³-hybridized carbons (Fsp3) is 0.571. The largest absolute Gasteiger partial charge is 0.434 e. The summed E-state index contributed by atoms with van der Waals surface area (Å²) in [6.45, 7) is 10.5. The van der Waals surface area contributed by atoms with Crippen molar-refractivity contribution in [3.63, 3.8) is 0 Å². The lowest BCUT2D eigenvalue weighted by Crippen LogP contribution is -2.48. The van der Waals surface area contributed by atoms with Crippen molar-refractivity contribution in [1.29, 1.82) is 0 Å². The summed E-state index contributed by atoms with van der Waals surface area (Å²) in [6.07, 6.45) is 1.93. The molecule has 0 radical (unpaired) electrons. The van der Waals surface area contributed by atoms with Crippen molar-refractivity contribution in [1.82, 2.24) is 9.88 Å². The van der Waals surface area contributed by atoms with Gasteiger partial charge in [0, 0.05) is 62.6 Å². The molecule has 6 heteroatoms. The zero-order valence-corrected chi connectivity index (χ0v) is 17.1. The minimum absolute atomic E-state index is 0.343. The Hall–Kier alpha value is -1.50. The van der Waals surface area contributed by atoms with Gasteiger partial charge in [-0.25, -0.2) is 4.98 Å². The first-order valence-corrected chi connectivity index (χ1v) is 10.4. The highest BCUT2D eigenvalue weighted by Crippen LogP contribution is 2.34. The van der Waals surface area contributed by atoms with Gasteiger partial charge in [0.25, 0.3) is 0 Å². The Morgan fingerprint density at radius 3 is 2.33 bits per heavy atom. The van der Waals surface area contributed by atoms with Crippen LogP contribution in [0.15, 0.2) is 33.8 Å². The third-order valence-electron chi connectivity index (χ3n) is 5.75. The van der Waals surface area contributed by atoms with Crippen molar-refractivity contribution in [2.24, 2.45) is 0 Å². The van der Waals surface area contributed by atoms with Crippen LogP contribution in [0, 0.1) is 0 Å². The number of ether oxygens (including phenoxy) is 1. The zero-order valence-electron chi connectivity index (χ0n) is 16.2. The third kappa shape index (κ3) is 4.18. The van der Waals surface area contributed by atoms with E-state index >= 15 is 0 Å². The first-order chi connectivity index (χ1) is 13.1. The molecule has 0 aliphatic carbocycles. The highest BCUT2D eigenvalue weighted by Gasteiger charge is 2.24. The summed E-state index contributed by atoms with van der Waals surface area (Å²) < 4.78 is 11.3. The lowest BCUT2D eigenvalue weighted by atomic mass is 10.0. The van der Waals surface area contributed by atoms with E-state index in [0.29, 0.717) is 17.1 Å². The van der Waals surface area contributed by atoms with Crippen LogP contribution in [-0.2, 0) is 4.74 Å². The maximum Gasteiger partial charge on any atom is 0.199 e. The van der Waals surface area contributed by atoms with Gasteiger partial charge in [0.15, 0.2) is 11.0 Å². The molecule has 2 aliphatic rings. The van der Waals surface area contributed by atoms with Crippen LogP contribution in [0.5, 0.6) is 0 Å². The van der Waals surface area contributed by atoms with E-state index in [4.69, 9.17) is 14.1 Å². The number of rotatable bonds is 4. The number of benzene rings is 1. The molecule has 4 rings (SSSR count). The van der Waals surface area contributed by atoms with Crippen molar-refractivity contribution >= 4 is 18.3 Å². The van der Waals surface area contributed by atoms with E-state index in [1.54, 1.807) is 0 Å². The number of aromatic nitrogens is 1. The van der Waals surface area contributed by atoms with Gasteiger partial charge in [-0.3, -0.25) is 4.90 Å². The number of nitrogens with zero attached hydrogens (tertiary/aromatic N) is 3. The molecule has 3 heterocycles. The summed E-state index contributed by atoms with van der Waals surface area (Å²) in [7, 11) is 0. The molecule has 2 aliphatic heterocycles. The fourth-order valence-corrected chi connectivity index (χ4v) is 4.23. The molecule has 27 heavy (non-hydrogen) atoms. The van der Waals surface area contributed by atoms with Crippen LogP contribution >= 0.6 is 12.6 Å². The van der Waals surface area contributed by atoms with Gasteiger partial charge < -0.3 is 14.1 Å². The Balaban J connectivity index is 1.46. The molecule has 0 atom stereocenters. The molecule has 0 N–H and O–H groups in total. The Kier molecular flexibility index (Phi) is 5.76. The molecular weight excluding hydrogens is 358 g/mol. The van der Waals surface area contributed by atoms with Gasteiger partial charge in [0.2, 0.25) is 0 Å². The second-order valence-corrected chi connectivity index (χ2v) is 8.16. The maximum absolute atomic E-state index is 5.87. The van der Waals surface area contributed by atoms with E-state index in [0.717, 1.165) is 69.4 Å². The van der Waals surface area contributed by atoms with Crippen LogP contribution in [0.25, 0.3) is 11.3 Å². The Morgan fingerprint density at radius 1 is 1.04 bits per heavy atom. The molecule has 0 bridgehead atoms. The van der Waals surface area contributed by atoms with E-state index in [2.05, 4.69) is 60.5 Å². The molecular formula is C21H29N3O2S. The Labute approximate surface area is 167 Å². The summed E-state index contributed by atoms with van der Waals surface area (Å²) in [6, 6.07) is 9.28. The summed E-state index contributed by atoms with van der Waals surface area (Å²) in [4.78, 5) is 9.75. The Morgan fingerprint density at radius 2 is 1.70 bits per heavy atom. The van der Waals surface area contributed by atoms with Gasteiger partial charge in [-0.15, -0.1) is 12.6 Å². The molecule has 2 saturated heterocycles. The SMILES string of the molecule is CC(C)N1CCN(c2ccc(-c3nc(C4CCOCC4)oc3S)cc2)CC1. The first kappa shape index (κ1) is 18.8. The molecule has 1 aromatic carbocycles. The zero-order chi connectivity index (χ0) is 18.8. The van der Waals surface area contributed by atoms with Crippen LogP contribution in [0.2, 0.25) is 0 Å². The standard InChI is InChI=1S/C21H29N3O2S/c1-15(2)23-9-11-24(12-10-23)18-5-3-16(4-6-18)19-21(27)26-20(22-19)17-7-13-25-14-8-17/h3-6,15,17,27H,7-14H2,1-2H3. The topological polar surface area (TPSA) is 41.7 Å². The molecule has 5 nitrogen and oxygen atoms in total. The molecule has 0 unspecified atom stereocenters. The van der Waals surface area contributed by atoms with E-state index < -0.39 is 0 Å². The molecule has 2 aromatic rings. The number of thiol groups is 1. The second-order valence-electron chi connectivity index (χ2n) is 7.76. The third-order valence-corrected chi connectivity index (χ3v) is 6.05. The number of hydrogen-bond donors (Lipinski definition) is 1. The number of hydrogen-bond acceptors (Lipinski definition) is 6. The van der Waals surface area contributed by atoms with Gasteiger partial charge in [0.1, 0.15) is 5.69 Å². The van der Waals surface area contributed by atoms with Gasteiger partial charge in [0.05, 0.1) is 0 Å². The molecule has 146 valence electrons. The normalized spacial score (nSPS) is 19.8. The van der Waals surface area contributed by atoms with E-state index in [9.17, 15) is 0 Å². The van der Waals surface area contributed by atoms with Crippen molar-refractivity contribution < 1.29 is 9.15 Å². The lowest BCUT2D eigenvalue weighted by Gasteiger charge is -2.38. The number of oxazole rings is 1. The summed E-state index contributed by atoms with van der Waals surface area (Å²) in [5.41, 5.74) is 3.18. The van der Waals surface area contributed by atoms with E-state index in [1.807, 2.05) is 0 Å².